The summed E-state index contributed by atoms with van der Waals surface area (Å²) in [6.45, 7) is 2.27. The summed E-state index contributed by atoms with van der Waals surface area (Å²) in [5.41, 5.74) is 0. The molecule has 0 aromatic heterocycles. The number of rotatable bonds is 5. The van der Waals surface area contributed by atoms with Crippen LogP contribution in [0.3, 0.4) is 0 Å². The molecule has 0 unspecified atom stereocenters. The highest BCUT2D eigenvalue weighted by Crippen LogP contribution is 2.34. The van der Waals surface area contributed by atoms with Crippen LogP contribution in [0.4, 0.5) is 0 Å². The maximum absolute atomic E-state index is 2.27. The summed E-state index contributed by atoms with van der Waals surface area (Å²) < 4.78 is 0. The lowest BCUT2D eigenvalue weighted by atomic mass is 10.1. The zero-order chi connectivity index (χ0) is 6.53. The average molecular weight is 144 g/mol. The number of hydrogen-bond donors (Lipinski definition) is 0. The molecule has 1 rings (SSSR count). The van der Waals surface area contributed by atoms with Gasteiger partial charge in [0.05, 0.1) is 0 Å². The van der Waals surface area contributed by atoms with Crippen LogP contribution in [-0.4, -0.2) is 11.0 Å². The molecule has 0 saturated carbocycles. The fraction of sp³-hybridized carbons (Fsp3) is 1.00. The van der Waals surface area contributed by atoms with Crippen LogP contribution in [0.15, 0.2) is 0 Å². The first-order valence-corrected chi connectivity index (χ1v) is 5.10. The Kier molecular flexibility index (Phi) is 3.49. The summed E-state index contributed by atoms with van der Waals surface area (Å²) >= 11 is 2.13. The van der Waals surface area contributed by atoms with Gasteiger partial charge in [-0.2, -0.15) is 11.8 Å². The molecule has 0 nitrogen and oxygen atoms in total. The molecule has 0 amide bonds. The summed E-state index contributed by atoms with van der Waals surface area (Å²) in [4.78, 5) is 0. The van der Waals surface area contributed by atoms with Crippen LogP contribution in [0, 0.1) is 0 Å². The van der Waals surface area contributed by atoms with Crippen molar-refractivity contribution in [3.05, 3.63) is 0 Å². The van der Waals surface area contributed by atoms with Crippen molar-refractivity contribution in [2.45, 2.75) is 44.3 Å². The van der Waals surface area contributed by atoms with Crippen LogP contribution < -0.4 is 0 Å². The SMILES string of the molecule is CCCCCC[C@H]1CS1. The summed E-state index contributed by atoms with van der Waals surface area (Å²) in [5.74, 6) is 1.45. The Hall–Kier alpha value is 0.350. The van der Waals surface area contributed by atoms with E-state index < -0.39 is 0 Å². The van der Waals surface area contributed by atoms with E-state index >= 15 is 0 Å². The van der Waals surface area contributed by atoms with E-state index in [0.29, 0.717) is 0 Å². The van der Waals surface area contributed by atoms with Crippen LogP contribution in [0.25, 0.3) is 0 Å². The monoisotopic (exact) mass is 144 g/mol. The molecule has 0 radical (unpaired) electrons. The maximum atomic E-state index is 2.27. The Bertz CT molecular complexity index is 67.0. The molecule has 0 bridgehead atoms. The molecule has 1 fully saturated rings. The van der Waals surface area contributed by atoms with Crippen LogP contribution in [0.1, 0.15) is 39.0 Å². The third kappa shape index (κ3) is 3.85. The molecule has 0 aromatic rings. The second kappa shape index (κ2) is 4.21. The molecule has 1 saturated heterocycles. The van der Waals surface area contributed by atoms with Gasteiger partial charge in [-0.05, 0) is 6.42 Å². The number of hydrogen-bond acceptors (Lipinski definition) is 1. The van der Waals surface area contributed by atoms with Gasteiger partial charge in [-0.15, -0.1) is 0 Å². The number of thioether (sulfide) groups is 1. The summed E-state index contributed by atoms with van der Waals surface area (Å²) in [6.07, 6.45) is 7.25. The zero-order valence-electron chi connectivity index (χ0n) is 6.23. The molecule has 0 aliphatic carbocycles. The minimum atomic E-state index is 1.07. The van der Waals surface area contributed by atoms with Crippen LogP contribution in [0.5, 0.6) is 0 Å². The normalized spacial score (nSPS) is 24.3. The highest BCUT2D eigenvalue weighted by molar-refractivity contribution is 8.06. The standard InChI is InChI=1S/C8H16S/c1-2-3-4-5-6-8-7-9-8/h8H,2-7H2,1H3/t8-/m0/s1. The van der Waals surface area contributed by atoms with Crippen molar-refractivity contribution >= 4 is 11.8 Å². The fourth-order valence-corrected chi connectivity index (χ4v) is 1.67. The lowest BCUT2D eigenvalue weighted by Crippen LogP contribution is -1.82. The van der Waals surface area contributed by atoms with Crippen molar-refractivity contribution in [3.8, 4) is 0 Å². The van der Waals surface area contributed by atoms with Crippen molar-refractivity contribution in [3.63, 3.8) is 0 Å². The Balaban J connectivity index is 1.71. The van der Waals surface area contributed by atoms with Gasteiger partial charge in [0.1, 0.15) is 0 Å². The Morgan fingerprint density at radius 1 is 1.33 bits per heavy atom. The zero-order valence-corrected chi connectivity index (χ0v) is 7.04. The predicted molar refractivity (Wildman–Crippen MR) is 45.0 cm³/mol. The lowest BCUT2D eigenvalue weighted by Gasteiger charge is -1.94. The Labute approximate surface area is 62.4 Å². The van der Waals surface area contributed by atoms with E-state index in [0.717, 1.165) is 5.25 Å². The van der Waals surface area contributed by atoms with Gasteiger partial charge < -0.3 is 0 Å². The van der Waals surface area contributed by atoms with Crippen LogP contribution >= 0.6 is 11.8 Å². The third-order valence-electron chi connectivity index (χ3n) is 1.78. The second-order valence-corrected chi connectivity index (χ2v) is 4.14. The van der Waals surface area contributed by atoms with Crippen molar-refractivity contribution in [1.29, 1.82) is 0 Å². The van der Waals surface area contributed by atoms with E-state index in [2.05, 4.69) is 18.7 Å². The molecule has 0 aromatic carbocycles. The van der Waals surface area contributed by atoms with Gasteiger partial charge in [-0.25, -0.2) is 0 Å². The molecular weight excluding hydrogens is 128 g/mol. The predicted octanol–water partition coefficient (Wildman–Crippen LogP) is 3.07. The quantitative estimate of drug-likeness (QED) is 0.422. The number of unbranched alkanes of at least 4 members (excludes halogenated alkanes) is 3. The van der Waals surface area contributed by atoms with Gasteiger partial charge >= 0.3 is 0 Å². The van der Waals surface area contributed by atoms with Gasteiger partial charge in [-0.1, -0.05) is 32.6 Å². The lowest BCUT2D eigenvalue weighted by molar-refractivity contribution is 0.643. The van der Waals surface area contributed by atoms with Crippen molar-refractivity contribution < 1.29 is 0 Å². The van der Waals surface area contributed by atoms with Crippen molar-refractivity contribution in [2.75, 3.05) is 5.75 Å². The molecule has 54 valence electrons. The highest BCUT2D eigenvalue weighted by atomic mass is 32.2. The molecule has 9 heavy (non-hydrogen) atoms. The van der Waals surface area contributed by atoms with E-state index in [4.69, 9.17) is 0 Å². The molecule has 0 N–H and O–H groups in total. The van der Waals surface area contributed by atoms with Crippen LogP contribution in [-0.2, 0) is 0 Å². The van der Waals surface area contributed by atoms with E-state index in [1.807, 2.05) is 0 Å². The van der Waals surface area contributed by atoms with Gasteiger partial charge in [0.2, 0.25) is 0 Å². The minimum Gasteiger partial charge on any atom is -0.157 e. The minimum absolute atomic E-state index is 1.07. The summed E-state index contributed by atoms with van der Waals surface area (Å²) in [6, 6.07) is 0. The maximum Gasteiger partial charge on any atom is 0.0138 e. The Morgan fingerprint density at radius 3 is 2.67 bits per heavy atom. The molecule has 1 heterocycles. The van der Waals surface area contributed by atoms with E-state index in [1.54, 1.807) is 0 Å². The van der Waals surface area contributed by atoms with Crippen molar-refractivity contribution in [1.82, 2.24) is 0 Å². The molecule has 0 spiro atoms. The highest BCUT2D eigenvalue weighted by Gasteiger charge is 2.20. The van der Waals surface area contributed by atoms with Gasteiger partial charge in [-0.3, -0.25) is 0 Å². The first-order chi connectivity index (χ1) is 4.43. The summed E-state index contributed by atoms with van der Waals surface area (Å²) in [5, 5.41) is 1.07. The van der Waals surface area contributed by atoms with E-state index in [-0.39, 0.29) is 0 Å². The van der Waals surface area contributed by atoms with Crippen molar-refractivity contribution in [2.24, 2.45) is 0 Å². The average Bonchev–Trinajstić information content (AvgIpc) is 2.63. The first kappa shape index (κ1) is 7.46. The molecular formula is C8H16S. The van der Waals surface area contributed by atoms with Gasteiger partial charge in [0.25, 0.3) is 0 Å². The summed E-state index contributed by atoms with van der Waals surface area (Å²) in [7, 11) is 0. The fourth-order valence-electron chi connectivity index (χ4n) is 1.03. The molecule has 1 atom stereocenters. The largest absolute Gasteiger partial charge is 0.157 e. The second-order valence-electron chi connectivity index (χ2n) is 2.80. The van der Waals surface area contributed by atoms with Crippen LogP contribution in [0.2, 0.25) is 0 Å². The first-order valence-electron chi connectivity index (χ1n) is 4.05. The molecule has 1 heteroatoms. The molecule has 1 aliphatic heterocycles. The molecule has 1 aliphatic rings. The smallest absolute Gasteiger partial charge is 0.0138 e. The van der Waals surface area contributed by atoms with Gasteiger partial charge in [0.15, 0.2) is 0 Å². The van der Waals surface area contributed by atoms with Gasteiger partial charge in [0, 0.05) is 11.0 Å². The topological polar surface area (TPSA) is 0 Å². The Morgan fingerprint density at radius 2 is 2.11 bits per heavy atom. The van der Waals surface area contributed by atoms with E-state index in [1.165, 1.54) is 37.9 Å². The third-order valence-corrected chi connectivity index (χ3v) is 2.82. The van der Waals surface area contributed by atoms with E-state index in [9.17, 15) is 0 Å².